The zero-order valence-electron chi connectivity index (χ0n) is 9.18. The van der Waals surface area contributed by atoms with Crippen molar-refractivity contribution >= 4 is 5.69 Å². The highest BCUT2D eigenvalue weighted by atomic mass is 16.5. The highest BCUT2D eigenvalue weighted by Crippen LogP contribution is 2.45. The minimum Gasteiger partial charge on any atom is -0.493 e. The molecule has 1 aliphatic heterocycles. The average molecular weight is 203 g/mol. The second-order valence-corrected chi connectivity index (χ2v) is 5.10. The second-order valence-electron chi connectivity index (χ2n) is 5.10. The van der Waals surface area contributed by atoms with Crippen LogP contribution in [0.2, 0.25) is 0 Å². The van der Waals surface area contributed by atoms with Gasteiger partial charge in [-0.1, -0.05) is 6.92 Å². The van der Waals surface area contributed by atoms with Gasteiger partial charge in [0, 0.05) is 17.6 Å². The normalized spacial score (nSPS) is 20.6. The summed E-state index contributed by atoms with van der Waals surface area (Å²) in [6.45, 7) is 4.23. The van der Waals surface area contributed by atoms with Gasteiger partial charge in [0.15, 0.2) is 0 Å². The SMILES string of the molecule is CC1(COc2ccc3c(c2)CCN3)CC1. The van der Waals surface area contributed by atoms with Gasteiger partial charge in [0.1, 0.15) is 5.75 Å². The van der Waals surface area contributed by atoms with Crippen LogP contribution < -0.4 is 10.1 Å². The Morgan fingerprint density at radius 2 is 2.27 bits per heavy atom. The quantitative estimate of drug-likeness (QED) is 0.815. The fourth-order valence-corrected chi connectivity index (χ4v) is 1.99. The molecule has 3 rings (SSSR count). The van der Waals surface area contributed by atoms with Crippen molar-refractivity contribution in [2.24, 2.45) is 5.41 Å². The fourth-order valence-electron chi connectivity index (χ4n) is 1.99. The van der Waals surface area contributed by atoms with Gasteiger partial charge in [-0.3, -0.25) is 0 Å². The van der Waals surface area contributed by atoms with Crippen molar-refractivity contribution in [1.29, 1.82) is 0 Å². The first-order valence-electron chi connectivity index (χ1n) is 5.75. The van der Waals surface area contributed by atoms with Gasteiger partial charge in [0.05, 0.1) is 6.61 Å². The van der Waals surface area contributed by atoms with Crippen LogP contribution in [0, 0.1) is 5.41 Å². The first kappa shape index (κ1) is 9.08. The molecule has 0 aromatic heterocycles. The topological polar surface area (TPSA) is 21.3 Å². The molecule has 2 heteroatoms. The largest absolute Gasteiger partial charge is 0.493 e. The van der Waals surface area contributed by atoms with Crippen LogP contribution in [-0.2, 0) is 6.42 Å². The van der Waals surface area contributed by atoms with E-state index in [9.17, 15) is 0 Å². The molecule has 0 radical (unpaired) electrons. The average Bonchev–Trinajstić information content (AvgIpc) is 2.80. The Labute approximate surface area is 90.6 Å². The van der Waals surface area contributed by atoms with Crippen LogP contribution in [0.5, 0.6) is 5.75 Å². The number of benzene rings is 1. The lowest BCUT2D eigenvalue weighted by atomic mass is 10.1. The smallest absolute Gasteiger partial charge is 0.119 e. The number of rotatable bonds is 3. The molecule has 80 valence electrons. The summed E-state index contributed by atoms with van der Waals surface area (Å²) in [5.41, 5.74) is 3.14. The highest BCUT2D eigenvalue weighted by molar-refractivity contribution is 5.57. The lowest BCUT2D eigenvalue weighted by Gasteiger charge is -2.11. The van der Waals surface area contributed by atoms with E-state index < -0.39 is 0 Å². The molecule has 1 aliphatic carbocycles. The zero-order chi connectivity index (χ0) is 10.3. The summed E-state index contributed by atoms with van der Waals surface area (Å²) < 4.78 is 5.83. The van der Waals surface area contributed by atoms with Gasteiger partial charge in [0.25, 0.3) is 0 Å². The first-order valence-corrected chi connectivity index (χ1v) is 5.75. The molecule has 0 unspecified atom stereocenters. The molecule has 15 heavy (non-hydrogen) atoms. The van der Waals surface area contributed by atoms with Gasteiger partial charge in [-0.15, -0.1) is 0 Å². The zero-order valence-corrected chi connectivity index (χ0v) is 9.18. The van der Waals surface area contributed by atoms with E-state index >= 15 is 0 Å². The summed E-state index contributed by atoms with van der Waals surface area (Å²) in [6, 6.07) is 6.39. The van der Waals surface area contributed by atoms with E-state index in [4.69, 9.17) is 4.74 Å². The van der Waals surface area contributed by atoms with Crippen LogP contribution in [0.15, 0.2) is 18.2 Å². The van der Waals surface area contributed by atoms with Gasteiger partial charge < -0.3 is 10.1 Å². The molecule has 1 aromatic carbocycles. The fraction of sp³-hybridized carbons (Fsp3) is 0.538. The Balaban J connectivity index is 1.70. The monoisotopic (exact) mass is 203 g/mol. The first-order chi connectivity index (χ1) is 7.25. The number of anilines is 1. The Morgan fingerprint density at radius 1 is 1.40 bits per heavy atom. The molecule has 1 saturated carbocycles. The van der Waals surface area contributed by atoms with Crippen LogP contribution in [-0.4, -0.2) is 13.2 Å². The van der Waals surface area contributed by atoms with Gasteiger partial charge >= 0.3 is 0 Å². The van der Waals surface area contributed by atoms with Gasteiger partial charge in [-0.25, -0.2) is 0 Å². The molecule has 1 aromatic rings. The van der Waals surface area contributed by atoms with Crippen molar-refractivity contribution in [2.75, 3.05) is 18.5 Å². The van der Waals surface area contributed by atoms with Crippen molar-refractivity contribution < 1.29 is 4.74 Å². The maximum atomic E-state index is 5.83. The molecular formula is C13H17NO. The lowest BCUT2D eigenvalue weighted by Crippen LogP contribution is -2.08. The van der Waals surface area contributed by atoms with E-state index in [2.05, 4.69) is 30.4 Å². The molecule has 0 amide bonds. The number of fused-ring (bicyclic) bond motifs is 1. The summed E-state index contributed by atoms with van der Waals surface area (Å²) >= 11 is 0. The second kappa shape index (κ2) is 3.16. The summed E-state index contributed by atoms with van der Waals surface area (Å²) in [6.07, 6.45) is 3.77. The summed E-state index contributed by atoms with van der Waals surface area (Å²) in [5.74, 6) is 1.03. The van der Waals surface area contributed by atoms with Crippen molar-refractivity contribution in [1.82, 2.24) is 0 Å². The van der Waals surface area contributed by atoms with Crippen molar-refractivity contribution in [3.63, 3.8) is 0 Å². The standard InChI is InChI=1S/C13H17NO/c1-13(5-6-13)9-15-11-2-3-12-10(8-11)4-7-14-12/h2-3,8,14H,4-7,9H2,1H3. The van der Waals surface area contributed by atoms with Gasteiger partial charge in [-0.05, 0) is 43.0 Å². The highest BCUT2D eigenvalue weighted by Gasteiger charge is 2.38. The molecule has 0 spiro atoms. The predicted octanol–water partition coefficient (Wildman–Crippen LogP) is 2.83. The maximum absolute atomic E-state index is 5.83. The minimum atomic E-state index is 0.470. The van der Waals surface area contributed by atoms with Gasteiger partial charge in [0.2, 0.25) is 0 Å². The van der Waals surface area contributed by atoms with Crippen LogP contribution in [0.3, 0.4) is 0 Å². The Hall–Kier alpha value is -1.18. The lowest BCUT2D eigenvalue weighted by molar-refractivity contribution is 0.247. The molecular weight excluding hydrogens is 186 g/mol. The van der Waals surface area contributed by atoms with Crippen LogP contribution in [0.25, 0.3) is 0 Å². The molecule has 2 nitrogen and oxygen atoms in total. The van der Waals surface area contributed by atoms with Crippen LogP contribution in [0.1, 0.15) is 25.3 Å². The number of hydrogen-bond acceptors (Lipinski definition) is 2. The summed E-state index contributed by atoms with van der Waals surface area (Å²) in [4.78, 5) is 0. The number of hydrogen-bond donors (Lipinski definition) is 1. The molecule has 0 saturated heterocycles. The van der Waals surface area contributed by atoms with Gasteiger partial charge in [-0.2, -0.15) is 0 Å². The third-order valence-corrected chi connectivity index (χ3v) is 3.48. The van der Waals surface area contributed by atoms with E-state index in [1.807, 2.05) is 0 Å². The molecule has 1 fully saturated rings. The molecule has 1 heterocycles. The molecule has 1 N–H and O–H groups in total. The molecule has 2 aliphatic rings. The maximum Gasteiger partial charge on any atom is 0.119 e. The van der Waals surface area contributed by atoms with Crippen molar-refractivity contribution in [2.45, 2.75) is 26.2 Å². The van der Waals surface area contributed by atoms with E-state index in [1.165, 1.54) is 24.1 Å². The van der Waals surface area contributed by atoms with E-state index in [0.29, 0.717) is 5.41 Å². The van der Waals surface area contributed by atoms with Crippen LogP contribution >= 0.6 is 0 Å². The van der Waals surface area contributed by atoms with E-state index in [1.54, 1.807) is 0 Å². The van der Waals surface area contributed by atoms with Crippen molar-refractivity contribution in [3.05, 3.63) is 23.8 Å². The Morgan fingerprint density at radius 3 is 3.07 bits per heavy atom. The third-order valence-electron chi connectivity index (χ3n) is 3.48. The molecule has 0 bridgehead atoms. The summed E-state index contributed by atoms with van der Waals surface area (Å²) in [7, 11) is 0. The Kier molecular flexibility index (Phi) is 1.91. The van der Waals surface area contributed by atoms with E-state index in [0.717, 1.165) is 25.3 Å². The molecule has 0 atom stereocenters. The van der Waals surface area contributed by atoms with Crippen molar-refractivity contribution in [3.8, 4) is 5.75 Å². The minimum absolute atomic E-state index is 0.470. The Bertz CT molecular complexity index is 382. The van der Waals surface area contributed by atoms with E-state index in [-0.39, 0.29) is 0 Å². The predicted molar refractivity (Wildman–Crippen MR) is 61.5 cm³/mol. The van der Waals surface area contributed by atoms with Crippen LogP contribution in [0.4, 0.5) is 5.69 Å². The third kappa shape index (κ3) is 1.81. The number of ether oxygens (including phenoxy) is 1. The summed E-state index contributed by atoms with van der Waals surface area (Å²) in [5, 5.41) is 3.36. The number of nitrogens with one attached hydrogen (secondary N) is 1.